The second-order valence-corrected chi connectivity index (χ2v) is 5.35. The molecule has 0 spiro atoms. The Kier molecular flexibility index (Phi) is 2.37. The minimum absolute atomic E-state index is 0.114. The number of phenols is 1. The first-order valence-electron chi connectivity index (χ1n) is 6.04. The lowest BCUT2D eigenvalue weighted by Crippen LogP contribution is -2.39. The molecule has 1 aliphatic rings. The monoisotopic (exact) mass is 262 g/mol. The van der Waals surface area contributed by atoms with Crippen molar-refractivity contribution in [2.75, 3.05) is 0 Å². The third-order valence-electron chi connectivity index (χ3n) is 3.37. The zero-order chi connectivity index (χ0) is 13.8. The molecule has 0 saturated carbocycles. The average Bonchev–Trinajstić information content (AvgIpc) is 2.74. The van der Waals surface area contributed by atoms with Crippen LogP contribution in [0.3, 0.4) is 0 Å². The minimum atomic E-state index is -1.02. The van der Waals surface area contributed by atoms with Crippen LogP contribution >= 0.6 is 0 Å². The van der Waals surface area contributed by atoms with Crippen molar-refractivity contribution in [3.8, 4) is 11.5 Å². The summed E-state index contributed by atoms with van der Waals surface area (Å²) in [6, 6.07) is 4.70. The van der Waals surface area contributed by atoms with Gasteiger partial charge in [-0.2, -0.15) is 0 Å². The van der Waals surface area contributed by atoms with Crippen LogP contribution in [0, 0.1) is 0 Å². The topological polar surface area (TPSA) is 79.9 Å². The second kappa shape index (κ2) is 3.74. The highest BCUT2D eigenvalue weighted by Gasteiger charge is 2.37. The highest BCUT2D eigenvalue weighted by atomic mass is 16.5. The maximum Gasteiger partial charge on any atom is 0.336 e. The van der Waals surface area contributed by atoms with Gasteiger partial charge in [-0.25, -0.2) is 4.79 Å². The predicted octanol–water partition coefficient (Wildman–Crippen LogP) is 1.57. The maximum atomic E-state index is 11.2. The van der Waals surface area contributed by atoms with Gasteiger partial charge in [0.15, 0.2) is 11.3 Å². The zero-order valence-corrected chi connectivity index (χ0v) is 10.6. The molecule has 0 aliphatic carbocycles. The number of phenolic OH excluding ortho intramolecular Hbond substituents is 1. The fraction of sp³-hybridized carbons (Fsp3) is 0.357. The summed E-state index contributed by atoms with van der Waals surface area (Å²) in [5, 5.41) is 20.8. The van der Waals surface area contributed by atoms with E-state index in [1.165, 1.54) is 6.07 Å². The van der Waals surface area contributed by atoms with E-state index in [4.69, 9.17) is 9.15 Å². The molecule has 0 bridgehead atoms. The first-order chi connectivity index (χ1) is 8.86. The molecule has 3 rings (SSSR count). The first-order valence-corrected chi connectivity index (χ1v) is 6.04. The van der Waals surface area contributed by atoms with Crippen LogP contribution < -0.4 is 10.4 Å². The van der Waals surface area contributed by atoms with Crippen molar-refractivity contribution in [2.24, 2.45) is 0 Å². The lowest BCUT2D eigenvalue weighted by atomic mass is 9.97. The van der Waals surface area contributed by atoms with Gasteiger partial charge in [-0.1, -0.05) is 0 Å². The van der Waals surface area contributed by atoms with Gasteiger partial charge in [0, 0.05) is 23.4 Å². The minimum Gasteiger partial charge on any atom is -0.502 e. The molecule has 5 heteroatoms. The number of aromatic hydroxyl groups is 1. The number of fused-ring (bicyclic) bond motifs is 2. The van der Waals surface area contributed by atoms with Gasteiger partial charge in [-0.3, -0.25) is 0 Å². The standard InChI is InChI=1S/C14H14O5/c1-14(2,17)9-6-8-5-7-3-4-10(15)19-12(7)11(16)13(8)18-9/h3-5,9,16-17H,6H2,1-2H3. The van der Waals surface area contributed by atoms with Crippen LogP contribution in [0.25, 0.3) is 11.0 Å². The van der Waals surface area contributed by atoms with Gasteiger partial charge >= 0.3 is 5.63 Å². The Hall–Kier alpha value is -2.01. The average molecular weight is 262 g/mol. The van der Waals surface area contributed by atoms with E-state index in [1.54, 1.807) is 26.0 Å². The molecule has 2 heterocycles. The maximum absolute atomic E-state index is 11.2. The summed E-state index contributed by atoms with van der Waals surface area (Å²) in [6.45, 7) is 3.31. The molecule has 1 aromatic heterocycles. The largest absolute Gasteiger partial charge is 0.502 e. The molecule has 0 fully saturated rings. The summed E-state index contributed by atoms with van der Waals surface area (Å²) in [5.74, 6) is 0.103. The number of hydrogen-bond donors (Lipinski definition) is 2. The third kappa shape index (κ3) is 1.86. The lowest BCUT2D eigenvalue weighted by molar-refractivity contribution is -0.0235. The Morgan fingerprint density at radius 3 is 2.79 bits per heavy atom. The SMILES string of the molecule is CC(C)(O)C1Cc2cc3ccc(=O)oc3c(O)c2O1. The van der Waals surface area contributed by atoms with Crippen LogP contribution in [0.15, 0.2) is 27.4 Å². The molecule has 1 atom stereocenters. The third-order valence-corrected chi connectivity index (χ3v) is 3.37. The zero-order valence-electron chi connectivity index (χ0n) is 10.6. The van der Waals surface area contributed by atoms with Gasteiger partial charge in [-0.05, 0) is 26.0 Å². The Balaban J connectivity index is 2.18. The summed E-state index contributed by atoms with van der Waals surface area (Å²) in [7, 11) is 0. The van der Waals surface area contributed by atoms with E-state index in [0.717, 1.165) is 5.56 Å². The molecule has 2 N–H and O–H groups in total. The second-order valence-electron chi connectivity index (χ2n) is 5.35. The molecule has 100 valence electrons. The summed E-state index contributed by atoms with van der Waals surface area (Å²) < 4.78 is 10.6. The molecule has 0 amide bonds. The van der Waals surface area contributed by atoms with E-state index in [2.05, 4.69) is 0 Å². The van der Waals surface area contributed by atoms with E-state index >= 15 is 0 Å². The Morgan fingerprint density at radius 1 is 1.37 bits per heavy atom. The normalized spacial score (nSPS) is 18.4. The smallest absolute Gasteiger partial charge is 0.336 e. The number of aliphatic hydroxyl groups is 1. The quantitative estimate of drug-likeness (QED) is 0.762. The van der Waals surface area contributed by atoms with Crippen molar-refractivity contribution >= 4 is 11.0 Å². The summed E-state index contributed by atoms with van der Waals surface area (Å²) >= 11 is 0. The van der Waals surface area contributed by atoms with E-state index in [0.29, 0.717) is 11.8 Å². The summed E-state index contributed by atoms with van der Waals surface area (Å²) in [5.41, 5.74) is -0.633. The Morgan fingerprint density at radius 2 is 2.11 bits per heavy atom. The van der Waals surface area contributed by atoms with Crippen molar-refractivity contribution in [1.29, 1.82) is 0 Å². The van der Waals surface area contributed by atoms with E-state index < -0.39 is 17.3 Å². The molecule has 1 unspecified atom stereocenters. The van der Waals surface area contributed by atoms with Crippen molar-refractivity contribution < 1.29 is 19.4 Å². The van der Waals surface area contributed by atoms with Gasteiger partial charge in [0.1, 0.15) is 6.10 Å². The molecule has 19 heavy (non-hydrogen) atoms. The van der Waals surface area contributed by atoms with Crippen LogP contribution in [-0.4, -0.2) is 21.9 Å². The number of hydrogen-bond acceptors (Lipinski definition) is 5. The highest BCUT2D eigenvalue weighted by Crippen LogP contribution is 2.43. The van der Waals surface area contributed by atoms with Crippen LogP contribution in [0.2, 0.25) is 0 Å². The van der Waals surface area contributed by atoms with Crippen molar-refractivity contribution in [3.63, 3.8) is 0 Å². The molecule has 2 aromatic rings. The molecule has 5 nitrogen and oxygen atoms in total. The van der Waals surface area contributed by atoms with Gasteiger partial charge in [0.2, 0.25) is 5.75 Å². The fourth-order valence-corrected chi connectivity index (χ4v) is 2.29. The molecule has 1 aromatic carbocycles. The Labute approximate surface area is 109 Å². The van der Waals surface area contributed by atoms with E-state index in [9.17, 15) is 15.0 Å². The summed E-state index contributed by atoms with van der Waals surface area (Å²) in [4.78, 5) is 11.2. The van der Waals surface area contributed by atoms with Gasteiger partial charge in [-0.15, -0.1) is 0 Å². The van der Waals surface area contributed by atoms with Crippen molar-refractivity contribution in [3.05, 3.63) is 34.2 Å². The molecule has 1 aliphatic heterocycles. The van der Waals surface area contributed by atoms with Crippen molar-refractivity contribution in [1.82, 2.24) is 0 Å². The molecule has 0 saturated heterocycles. The van der Waals surface area contributed by atoms with Gasteiger partial charge in [0.05, 0.1) is 5.60 Å². The van der Waals surface area contributed by atoms with Gasteiger partial charge < -0.3 is 19.4 Å². The van der Waals surface area contributed by atoms with E-state index in [-0.39, 0.29) is 17.1 Å². The Bertz CT molecular complexity index is 708. The van der Waals surface area contributed by atoms with Crippen LogP contribution in [-0.2, 0) is 6.42 Å². The number of benzene rings is 1. The fourth-order valence-electron chi connectivity index (χ4n) is 2.29. The molecular weight excluding hydrogens is 248 g/mol. The van der Waals surface area contributed by atoms with Gasteiger partial charge in [0.25, 0.3) is 0 Å². The predicted molar refractivity (Wildman–Crippen MR) is 68.6 cm³/mol. The summed E-state index contributed by atoms with van der Waals surface area (Å²) in [6.07, 6.45) is 0.0681. The first kappa shape index (κ1) is 12.0. The molecule has 0 radical (unpaired) electrons. The van der Waals surface area contributed by atoms with Crippen LogP contribution in [0.5, 0.6) is 11.5 Å². The van der Waals surface area contributed by atoms with Crippen LogP contribution in [0.4, 0.5) is 0 Å². The van der Waals surface area contributed by atoms with Crippen molar-refractivity contribution in [2.45, 2.75) is 32.0 Å². The number of rotatable bonds is 1. The number of ether oxygens (including phenoxy) is 1. The van der Waals surface area contributed by atoms with Crippen LogP contribution in [0.1, 0.15) is 19.4 Å². The molecular formula is C14H14O5. The highest BCUT2D eigenvalue weighted by molar-refractivity contribution is 5.86. The van der Waals surface area contributed by atoms with E-state index in [1.807, 2.05) is 0 Å². The lowest BCUT2D eigenvalue weighted by Gasteiger charge is -2.24.